The molecule has 0 bridgehead atoms. The third kappa shape index (κ3) is 3.05. The topological polar surface area (TPSA) is 73.0 Å². The summed E-state index contributed by atoms with van der Waals surface area (Å²) in [5, 5.41) is 18.2. The molecule has 1 rings (SSSR count). The molecule has 0 saturated carbocycles. The molecule has 0 spiro atoms. The number of aryl methyl sites for hydroxylation is 2. The van der Waals surface area contributed by atoms with E-state index >= 15 is 0 Å². The lowest BCUT2D eigenvalue weighted by molar-refractivity contribution is -0.384. The Morgan fingerprint density at radius 2 is 2.29 bits per heavy atom. The molecule has 0 aliphatic rings. The Labute approximate surface area is 100 Å². The van der Waals surface area contributed by atoms with Gasteiger partial charge in [-0.25, -0.2) is 4.68 Å². The van der Waals surface area contributed by atoms with Gasteiger partial charge in [-0.15, -0.1) is 0 Å². The normalized spacial score (nSPS) is 11.0. The van der Waals surface area contributed by atoms with Gasteiger partial charge in [0.1, 0.15) is 5.69 Å². The molecule has 0 unspecified atom stereocenters. The first-order chi connectivity index (χ1) is 8.11. The zero-order valence-electron chi connectivity index (χ0n) is 10.4. The Morgan fingerprint density at radius 1 is 1.59 bits per heavy atom. The fourth-order valence-corrected chi connectivity index (χ4v) is 1.63. The minimum absolute atomic E-state index is 0.0762. The van der Waals surface area contributed by atoms with Crippen molar-refractivity contribution in [1.82, 2.24) is 9.78 Å². The summed E-state index contributed by atoms with van der Waals surface area (Å²) in [6.07, 6.45) is 4.80. The van der Waals surface area contributed by atoms with Gasteiger partial charge in [0.05, 0.1) is 4.92 Å². The monoisotopic (exact) mass is 238 g/mol. The van der Waals surface area contributed by atoms with Crippen LogP contribution in [0.15, 0.2) is 12.2 Å². The van der Waals surface area contributed by atoms with Gasteiger partial charge in [-0.3, -0.25) is 10.1 Å². The highest BCUT2D eigenvalue weighted by molar-refractivity contribution is 5.59. The molecule has 6 nitrogen and oxygen atoms in total. The van der Waals surface area contributed by atoms with Crippen molar-refractivity contribution in [1.29, 1.82) is 0 Å². The van der Waals surface area contributed by atoms with Gasteiger partial charge in [-0.1, -0.05) is 12.2 Å². The highest BCUT2D eigenvalue weighted by Gasteiger charge is 2.24. The summed E-state index contributed by atoms with van der Waals surface area (Å²) >= 11 is 0. The average molecular weight is 238 g/mol. The van der Waals surface area contributed by atoms with Crippen LogP contribution in [0.1, 0.15) is 26.0 Å². The molecule has 94 valence electrons. The summed E-state index contributed by atoms with van der Waals surface area (Å²) in [7, 11) is 0. The molecule has 0 atom stereocenters. The Bertz CT molecular complexity index is 423. The van der Waals surface area contributed by atoms with E-state index in [1.165, 1.54) is 0 Å². The van der Waals surface area contributed by atoms with Crippen molar-refractivity contribution in [3.63, 3.8) is 0 Å². The van der Waals surface area contributed by atoms with E-state index in [9.17, 15) is 10.1 Å². The van der Waals surface area contributed by atoms with Gasteiger partial charge in [0.2, 0.25) is 5.82 Å². The van der Waals surface area contributed by atoms with Gasteiger partial charge in [-0.05, 0) is 27.2 Å². The standard InChI is InChI=1S/C11H18N4O2/c1-4-6-7-8-12-11-10(15(16)17)9(3)13-14(11)5-2/h4,6,12H,5,7-8H2,1-3H3/b6-4+. The van der Waals surface area contributed by atoms with Crippen molar-refractivity contribution in [3.8, 4) is 0 Å². The largest absolute Gasteiger partial charge is 0.364 e. The third-order valence-corrected chi connectivity index (χ3v) is 2.42. The van der Waals surface area contributed by atoms with E-state index in [0.717, 1.165) is 6.42 Å². The van der Waals surface area contributed by atoms with Crippen molar-refractivity contribution in [3.05, 3.63) is 28.0 Å². The van der Waals surface area contributed by atoms with Crippen LogP contribution in [0.5, 0.6) is 0 Å². The number of aromatic nitrogens is 2. The maximum absolute atomic E-state index is 11.0. The van der Waals surface area contributed by atoms with Crippen LogP contribution in [-0.2, 0) is 6.54 Å². The third-order valence-electron chi connectivity index (χ3n) is 2.42. The molecule has 1 N–H and O–H groups in total. The van der Waals surface area contributed by atoms with Crippen molar-refractivity contribution >= 4 is 11.5 Å². The molecule has 1 aromatic heterocycles. The fourth-order valence-electron chi connectivity index (χ4n) is 1.63. The first-order valence-electron chi connectivity index (χ1n) is 5.68. The lowest BCUT2D eigenvalue weighted by Crippen LogP contribution is -2.09. The second kappa shape index (κ2) is 6.03. The van der Waals surface area contributed by atoms with E-state index in [2.05, 4.69) is 10.4 Å². The molecule has 1 aromatic rings. The molecule has 0 saturated heterocycles. The van der Waals surface area contributed by atoms with E-state index in [-0.39, 0.29) is 10.6 Å². The van der Waals surface area contributed by atoms with Crippen molar-refractivity contribution < 1.29 is 4.92 Å². The second-order valence-electron chi connectivity index (χ2n) is 3.64. The van der Waals surface area contributed by atoms with Gasteiger partial charge in [0, 0.05) is 13.1 Å². The van der Waals surface area contributed by atoms with E-state index < -0.39 is 0 Å². The zero-order valence-corrected chi connectivity index (χ0v) is 10.4. The number of hydrogen-bond acceptors (Lipinski definition) is 4. The molecule has 0 fully saturated rings. The van der Waals surface area contributed by atoms with Gasteiger partial charge in [0.25, 0.3) is 0 Å². The van der Waals surface area contributed by atoms with Crippen LogP contribution < -0.4 is 5.32 Å². The summed E-state index contributed by atoms with van der Waals surface area (Å²) in [6.45, 7) is 6.79. The molecule has 0 aliphatic carbocycles. The number of nitrogens with zero attached hydrogens (tertiary/aromatic N) is 3. The predicted octanol–water partition coefficient (Wildman–Crippen LogP) is 2.50. The number of nitrogens with one attached hydrogen (secondary N) is 1. The Morgan fingerprint density at radius 3 is 2.82 bits per heavy atom. The lowest BCUT2D eigenvalue weighted by Gasteiger charge is -2.05. The van der Waals surface area contributed by atoms with Crippen LogP contribution in [0, 0.1) is 17.0 Å². The maximum Gasteiger partial charge on any atom is 0.333 e. The molecule has 0 radical (unpaired) electrons. The van der Waals surface area contributed by atoms with Gasteiger partial charge >= 0.3 is 5.69 Å². The molecule has 0 aromatic carbocycles. The molecule has 6 heteroatoms. The summed E-state index contributed by atoms with van der Waals surface area (Å²) in [4.78, 5) is 10.6. The molecule has 1 heterocycles. The quantitative estimate of drug-likeness (QED) is 0.357. The molecule has 17 heavy (non-hydrogen) atoms. The smallest absolute Gasteiger partial charge is 0.333 e. The summed E-state index contributed by atoms with van der Waals surface area (Å²) < 4.78 is 1.63. The first-order valence-corrected chi connectivity index (χ1v) is 5.68. The van der Waals surface area contributed by atoms with E-state index in [4.69, 9.17) is 0 Å². The number of allylic oxidation sites excluding steroid dienone is 1. The van der Waals surface area contributed by atoms with Gasteiger partial charge in [0.15, 0.2) is 0 Å². The fraction of sp³-hybridized carbons (Fsp3) is 0.545. The maximum atomic E-state index is 11.0. The SMILES string of the molecule is C/C=C/CCNc1c([N+](=O)[O-])c(C)nn1CC. The van der Waals surface area contributed by atoms with E-state index in [1.54, 1.807) is 11.6 Å². The van der Waals surface area contributed by atoms with Crippen LogP contribution in [-0.4, -0.2) is 21.2 Å². The zero-order chi connectivity index (χ0) is 12.8. The van der Waals surface area contributed by atoms with Gasteiger partial charge in [-0.2, -0.15) is 5.10 Å². The number of rotatable bonds is 6. The minimum Gasteiger partial charge on any atom is -0.364 e. The second-order valence-corrected chi connectivity index (χ2v) is 3.64. The highest BCUT2D eigenvalue weighted by Crippen LogP contribution is 2.27. The van der Waals surface area contributed by atoms with E-state index in [0.29, 0.717) is 24.6 Å². The average Bonchev–Trinajstić information content (AvgIpc) is 2.61. The Balaban J connectivity index is 2.90. The minimum atomic E-state index is -0.382. The Hall–Kier alpha value is -1.85. The highest BCUT2D eigenvalue weighted by atomic mass is 16.6. The molecule has 0 aliphatic heterocycles. The van der Waals surface area contributed by atoms with Crippen molar-refractivity contribution in [2.24, 2.45) is 0 Å². The van der Waals surface area contributed by atoms with Crippen LogP contribution in [0.2, 0.25) is 0 Å². The van der Waals surface area contributed by atoms with Crippen molar-refractivity contribution in [2.45, 2.75) is 33.7 Å². The lowest BCUT2D eigenvalue weighted by atomic mass is 10.3. The number of hydrogen-bond donors (Lipinski definition) is 1. The van der Waals surface area contributed by atoms with Crippen LogP contribution >= 0.6 is 0 Å². The number of nitro groups is 1. The van der Waals surface area contributed by atoms with Crippen LogP contribution in [0.4, 0.5) is 11.5 Å². The molecular formula is C11H18N4O2. The summed E-state index contributed by atoms with van der Waals surface area (Å²) in [5.41, 5.74) is 0.526. The summed E-state index contributed by atoms with van der Waals surface area (Å²) in [6, 6.07) is 0. The van der Waals surface area contributed by atoms with Gasteiger partial charge < -0.3 is 5.32 Å². The predicted molar refractivity (Wildman–Crippen MR) is 67.2 cm³/mol. The summed E-state index contributed by atoms with van der Waals surface area (Å²) in [5.74, 6) is 0.500. The molecule has 0 amide bonds. The Kier molecular flexibility index (Phi) is 4.68. The number of anilines is 1. The van der Waals surface area contributed by atoms with E-state index in [1.807, 2.05) is 26.0 Å². The molecular weight excluding hydrogens is 220 g/mol. The van der Waals surface area contributed by atoms with Crippen LogP contribution in [0.3, 0.4) is 0 Å². The van der Waals surface area contributed by atoms with Crippen molar-refractivity contribution in [2.75, 3.05) is 11.9 Å². The first kappa shape index (κ1) is 13.2. The van der Waals surface area contributed by atoms with Crippen LogP contribution in [0.25, 0.3) is 0 Å².